The molecule has 102 valence electrons. The Bertz CT molecular complexity index is 489. The third-order valence-electron chi connectivity index (χ3n) is 2.94. The van der Waals surface area contributed by atoms with Crippen LogP contribution >= 0.6 is 11.6 Å². The quantitative estimate of drug-likeness (QED) is 0.612. The average molecular weight is 281 g/mol. The first-order chi connectivity index (χ1) is 8.95. The van der Waals surface area contributed by atoms with E-state index in [9.17, 15) is 9.59 Å². The fraction of sp³-hybridized carbons (Fsp3) is 0.333. The Morgan fingerprint density at radius 1 is 1.26 bits per heavy atom. The maximum absolute atomic E-state index is 11.5. The number of methoxy groups -OCH3 is 1. The predicted molar refractivity (Wildman–Crippen MR) is 75.9 cm³/mol. The monoisotopic (exact) mass is 280 g/mol. The lowest BCUT2D eigenvalue weighted by atomic mass is 9.98. The zero-order valence-electron chi connectivity index (χ0n) is 11.3. The highest BCUT2D eigenvalue weighted by molar-refractivity contribution is 6.30. The zero-order valence-corrected chi connectivity index (χ0v) is 12.0. The van der Waals surface area contributed by atoms with Crippen molar-refractivity contribution in [3.8, 4) is 0 Å². The Hall–Kier alpha value is -1.61. The largest absolute Gasteiger partial charge is 0.468 e. The summed E-state index contributed by atoms with van der Waals surface area (Å²) in [5, 5.41) is 0.674. The van der Waals surface area contributed by atoms with Gasteiger partial charge in [-0.15, -0.1) is 0 Å². The van der Waals surface area contributed by atoms with Crippen LogP contribution < -0.4 is 0 Å². The molecule has 0 radical (unpaired) electrons. The van der Waals surface area contributed by atoms with Crippen molar-refractivity contribution in [2.75, 3.05) is 7.11 Å². The first-order valence-electron chi connectivity index (χ1n) is 5.96. The van der Waals surface area contributed by atoms with Gasteiger partial charge in [-0.2, -0.15) is 0 Å². The molecule has 0 aliphatic rings. The maximum Gasteiger partial charge on any atom is 0.316 e. The van der Waals surface area contributed by atoms with Gasteiger partial charge >= 0.3 is 5.97 Å². The van der Waals surface area contributed by atoms with E-state index in [-0.39, 0.29) is 5.78 Å². The number of carbonyl (C=O) groups is 2. The van der Waals surface area contributed by atoms with Crippen LogP contribution in [0.3, 0.4) is 0 Å². The minimum absolute atomic E-state index is 0.188. The fourth-order valence-corrected chi connectivity index (χ4v) is 1.82. The molecular weight excluding hydrogens is 264 g/mol. The number of Topliss-reactive ketones (excluding diaryl/α,β-unsaturated/α-hetero) is 1. The lowest BCUT2D eigenvalue weighted by Crippen LogP contribution is -2.22. The van der Waals surface area contributed by atoms with Gasteiger partial charge in [0, 0.05) is 5.02 Å². The van der Waals surface area contributed by atoms with Gasteiger partial charge in [0.15, 0.2) is 0 Å². The number of halogens is 1. The second-order valence-electron chi connectivity index (χ2n) is 4.32. The SMILES string of the molecule is COC(=O)[C@H](C/C=C(\C)c1ccc(Cl)cc1)C(C)=O. The third-order valence-corrected chi connectivity index (χ3v) is 3.19. The highest BCUT2D eigenvalue weighted by Gasteiger charge is 2.22. The molecule has 1 aromatic carbocycles. The summed E-state index contributed by atoms with van der Waals surface area (Å²) in [6, 6.07) is 7.40. The molecule has 0 aliphatic carbocycles. The topological polar surface area (TPSA) is 43.4 Å². The van der Waals surface area contributed by atoms with Gasteiger partial charge < -0.3 is 4.74 Å². The maximum atomic E-state index is 11.5. The molecule has 0 N–H and O–H groups in total. The smallest absolute Gasteiger partial charge is 0.316 e. The molecule has 0 bridgehead atoms. The molecule has 0 fully saturated rings. The number of hydrogen-bond acceptors (Lipinski definition) is 3. The van der Waals surface area contributed by atoms with Gasteiger partial charge in [0.05, 0.1) is 7.11 Å². The lowest BCUT2D eigenvalue weighted by Gasteiger charge is -2.09. The molecule has 19 heavy (non-hydrogen) atoms. The van der Waals surface area contributed by atoms with E-state index >= 15 is 0 Å². The lowest BCUT2D eigenvalue weighted by molar-refractivity contribution is -0.148. The van der Waals surface area contributed by atoms with Crippen molar-refractivity contribution < 1.29 is 14.3 Å². The van der Waals surface area contributed by atoms with Crippen molar-refractivity contribution in [1.29, 1.82) is 0 Å². The summed E-state index contributed by atoms with van der Waals surface area (Å²) in [4.78, 5) is 22.8. The number of allylic oxidation sites excluding steroid dienone is 2. The van der Waals surface area contributed by atoms with Crippen molar-refractivity contribution >= 4 is 28.9 Å². The van der Waals surface area contributed by atoms with Gasteiger partial charge in [-0.1, -0.05) is 29.8 Å². The van der Waals surface area contributed by atoms with Gasteiger partial charge in [-0.3, -0.25) is 9.59 Å². The molecule has 0 aromatic heterocycles. The summed E-state index contributed by atoms with van der Waals surface area (Å²) >= 11 is 5.82. The standard InChI is InChI=1S/C15H17ClO3/c1-10(12-5-7-13(16)8-6-12)4-9-14(11(2)17)15(18)19-3/h4-8,14H,9H2,1-3H3/b10-4+/t14-/m1/s1. The number of carbonyl (C=O) groups excluding carboxylic acids is 2. The summed E-state index contributed by atoms with van der Waals surface area (Å²) in [6.45, 7) is 3.32. The highest BCUT2D eigenvalue weighted by Crippen LogP contribution is 2.19. The van der Waals surface area contributed by atoms with Gasteiger partial charge in [0.25, 0.3) is 0 Å². The van der Waals surface area contributed by atoms with E-state index in [1.54, 1.807) is 12.1 Å². The van der Waals surface area contributed by atoms with Crippen LogP contribution in [0.5, 0.6) is 0 Å². The molecule has 0 aliphatic heterocycles. The molecule has 0 saturated heterocycles. The van der Waals surface area contributed by atoms with Crippen LogP contribution in [0.1, 0.15) is 25.8 Å². The number of ether oxygens (including phenoxy) is 1. The van der Waals surface area contributed by atoms with E-state index in [2.05, 4.69) is 4.74 Å². The van der Waals surface area contributed by atoms with Crippen LogP contribution in [0.2, 0.25) is 5.02 Å². The minimum Gasteiger partial charge on any atom is -0.468 e. The van der Waals surface area contributed by atoms with Crippen molar-refractivity contribution in [3.63, 3.8) is 0 Å². The molecule has 3 nitrogen and oxygen atoms in total. The van der Waals surface area contributed by atoms with Gasteiger partial charge in [0.1, 0.15) is 11.7 Å². The number of esters is 1. The summed E-state index contributed by atoms with van der Waals surface area (Å²) < 4.78 is 4.62. The summed E-state index contributed by atoms with van der Waals surface area (Å²) in [5.41, 5.74) is 2.00. The van der Waals surface area contributed by atoms with Gasteiger partial charge in [0.2, 0.25) is 0 Å². The minimum atomic E-state index is -0.729. The van der Waals surface area contributed by atoms with Crippen molar-refractivity contribution in [3.05, 3.63) is 40.9 Å². The molecule has 0 heterocycles. The second kappa shape index (κ2) is 7.10. The van der Waals surface area contributed by atoms with E-state index in [1.165, 1.54) is 14.0 Å². The van der Waals surface area contributed by atoms with E-state index in [4.69, 9.17) is 11.6 Å². The Kier molecular flexibility index (Phi) is 5.77. The van der Waals surface area contributed by atoms with Gasteiger partial charge in [-0.05, 0) is 43.5 Å². The van der Waals surface area contributed by atoms with E-state index in [0.29, 0.717) is 11.4 Å². The number of benzene rings is 1. The average Bonchev–Trinajstić information content (AvgIpc) is 2.38. The van der Waals surface area contributed by atoms with E-state index in [0.717, 1.165) is 11.1 Å². The van der Waals surface area contributed by atoms with Crippen LogP contribution in [0, 0.1) is 5.92 Å². The van der Waals surface area contributed by atoms with Crippen LogP contribution in [0.4, 0.5) is 0 Å². The molecule has 4 heteroatoms. The van der Waals surface area contributed by atoms with Crippen LogP contribution in [0.15, 0.2) is 30.3 Å². The number of hydrogen-bond donors (Lipinski definition) is 0. The summed E-state index contributed by atoms with van der Waals surface area (Å²) in [7, 11) is 1.29. The molecule has 0 unspecified atom stereocenters. The fourth-order valence-electron chi connectivity index (χ4n) is 1.70. The molecule has 1 rings (SSSR count). The predicted octanol–water partition coefficient (Wildman–Crippen LogP) is 3.51. The molecule has 0 spiro atoms. The van der Waals surface area contributed by atoms with Crippen molar-refractivity contribution in [2.45, 2.75) is 20.3 Å². The number of rotatable bonds is 5. The van der Waals surface area contributed by atoms with Crippen LogP contribution in [-0.2, 0) is 14.3 Å². The summed E-state index contributed by atoms with van der Waals surface area (Å²) in [5.74, 6) is -1.41. The van der Waals surface area contributed by atoms with E-state index < -0.39 is 11.9 Å². The zero-order chi connectivity index (χ0) is 14.4. The Labute approximate surface area is 118 Å². The van der Waals surface area contributed by atoms with Crippen molar-refractivity contribution in [1.82, 2.24) is 0 Å². The van der Waals surface area contributed by atoms with Crippen LogP contribution in [-0.4, -0.2) is 18.9 Å². The number of ketones is 1. The van der Waals surface area contributed by atoms with E-state index in [1.807, 2.05) is 25.1 Å². The van der Waals surface area contributed by atoms with Crippen LogP contribution in [0.25, 0.3) is 5.57 Å². The molecule has 0 saturated carbocycles. The Morgan fingerprint density at radius 3 is 2.32 bits per heavy atom. The molecular formula is C15H17ClO3. The Balaban J connectivity index is 2.81. The first-order valence-corrected chi connectivity index (χ1v) is 6.34. The van der Waals surface area contributed by atoms with Crippen molar-refractivity contribution in [2.24, 2.45) is 5.92 Å². The van der Waals surface area contributed by atoms with Gasteiger partial charge in [-0.25, -0.2) is 0 Å². The second-order valence-corrected chi connectivity index (χ2v) is 4.75. The highest BCUT2D eigenvalue weighted by atomic mass is 35.5. The molecule has 1 aromatic rings. The molecule has 1 atom stereocenters. The normalized spacial score (nSPS) is 12.9. The third kappa shape index (κ3) is 4.52. The Morgan fingerprint density at radius 2 is 1.84 bits per heavy atom. The first kappa shape index (κ1) is 15.4. The summed E-state index contributed by atoms with van der Waals surface area (Å²) in [6.07, 6.45) is 2.21. The molecule has 0 amide bonds.